The predicted octanol–water partition coefficient (Wildman–Crippen LogP) is 6.35. The van der Waals surface area contributed by atoms with E-state index in [4.69, 9.17) is 11.6 Å². The van der Waals surface area contributed by atoms with Crippen LogP contribution in [-0.2, 0) is 12.7 Å². The molecule has 162 valence electrons. The summed E-state index contributed by atoms with van der Waals surface area (Å²) in [5, 5.41) is 10.4. The SMILES string of the molecule is O=C(NCc1ccccc1Cl)c1ccc(-c2cc(-c3cccc(C(F)(F)F)c3)n[nH]2)cc1. The molecule has 2 N–H and O–H groups in total. The number of hydrogen-bond acceptors (Lipinski definition) is 2. The van der Waals surface area contributed by atoms with E-state index in [0.717, 1.165) is 23.3 Å². The summed E-state index contributed by atoms with van der Waals surface area (Å²) in [5.41, 5.74) is 2.69. The Balaban J connectivity index is 1.46. The fraction of sp³-hybridized carbons (Fsp3) is 0.0833. The highest BCUT2D eigenvalue weighted by Crippen LogP contribution is 2.32. The van der Waals surface area contributed by atoms with Crippen molar-refractivity contribution < 1.29 is 18.0 Å². The maximum Gasteiger partial charge on any atom is 0.416 e. The molecule has 1 amide bonds. The van der Waals surface area contributed by atoms with Crippen LogP contribution in [0.25, 0.3) is 22.5 Å². The van der Waals surface area contributed by atoms with Crippen LogP contribution in [0.2, 0.25) is 5.02 Å². The van der Waals surface area contributed by atoms with Crippen molar-refractivity contribution in [2.45, 2.75) is 12.7 Å². The maximum absolute atomic E-state index is 13.0. The molecule has 0 spiro atoms. The Kier molecular flexibility index (Phi) is 6.01. The monoisotopic (exact) mass is 455 g/mol. The largest absolute Gasteiger partial charge is 0.416 e. The van der Waals surface area contributed by atoms with Gasteiger partial charge in [0.25, 0.3) is 5.91 Å². The van der Waals surface area contributed by atoms with Crippen LogP contribution in [0.15, 0.2) is 78.9 Å². The van der Waals surface area contributed by atoms with Gasteiger partial charge in [-0.1, -0.05) is 54.1 Å². The summed E-state index contributed by atoms with van der Waals surface area (Å²) in [7, 11) is 0. The quantitative estimate of drug-likeness (QED) is 0.368. The molecule has 0 saturated carbocycles. The fourth-order valence-corrected chi connectivity index (χ4v) is 3.40. The van der Waals surface area contributed by atoms with Gasteiger partial charge in [-0.25, -0.2) is 0 Å². The molecule has 1 aromatic heterocycles. The summed E-state index contributed by atoms with van der Waals surface area (Å²) in [5.74, 6) is -0.245. The third-order valence-corrected chi connectivity index (χ3v) is 5.29. The van der Waals surface area contributed by atoms with E-state index in [1.807, 2.05) is 18.2 Å². The van der Waals surface area contributed by atoms with Crippen LogP contribution in [0.5, 0.6) is 0 Å². The summed E-state index contributed by atoms with van der Waals surface area (Å²) >= 11 is 6.10. The molecular weight excluding hydrogens is 439 g/mol. The Morgan fingerprint density at radius 3 is 2.41 bits per heavy atom. The first-order valence-electron chi connectivity index (χ1n) is 9.66. The molecule has 0 fully saturated rings. The molecule has 4 aromatic rings. The van der Waals surface area contributed by atoms with Crippen molar-refractivity contribution in [3.05, 3.63) is 101 Å². The zero-order chi connectivity index (χ0) is 22.7. The summed E-state index contributed by atoms with van der Waals surface area (Å²) in [6.45, 7) is 0.307. The highest BCUT2D eigenvalue weighted by molar-refractivity contribution is 6.31. The van der Waals surface area contributed by atoms with Crippen LogP contribution in [0, 0.1) is 0 Å². The Morgan fingerprint density at radius 2 is 1.69 bits per heavy atom. The molecule has 4 rings (SSSR count). The lowest BCUT2D eigenvalue weighted by molar-refractivity contribution is -0.137. The number of nitrogens with zero attached hydrogens (tertiary/aromatic N) is 1. The van der Waals surface area contributed by atoms with Crippen molar-refractivity contribution in [2.75, 3.05) is 0 Å². The van der Waals surface area contributed by atoms with Crippen LogP contribution >= 0.6 is 11.6 Å². The number of amides is 1. The minimum Gasteiger partial charge on any atom is -0.348 e. The number of alkyl halides is 3. The standard InChI is InChI=1S/C24H17ClF3N3O/c25-20-7-2-1-4-18(20)14-29-23(32)16-10-8-15(9-11-16)21-13-22(31-30-21)17-5-3-6-19(12-17)24(26,27)28/h1-13H,14H2,(H,29,32)(H,30,31). The van der Waals surface area contributed by atoms with Gasteiger partial charge in [-0.15, -0.1) is 0 Å². The Bertz CT molecular complexity index is 1250. The van der Waals surface area contributed by atoms with Crippen molar-refractivity contribution in [3.63, 3.8) is 0 Å². The molecule has 0 bridgehead atoms. The summed E-state index contributed by atoms with van der Waals surface area (Å²) < 4.78 is 38.9. The second kappa shape index (κ2) is 8.88. The molecule has 0 saturated heterocycles. The normalized spacial score (nSPS) is 11.4. The lowest BCUT2D eigenvalue weighted by Gasteiger charge is -2.07. The van der Waals surface area contributed by atoms with Gasteiger partial charge < -0.3 is 5.32 Å². The molecule has 0 aliphatic rings. The molecule has 0 unspecified atom stereocenters. The predicted molar refractivity (Wildman–Crippen MR) is 117 cm³/mol. The number of carbonyl (C=O) groups is 1. The molecule has 4 nitrogen and oxygen atoms in total. The molecular formula is C24H17ClF3N3O. The third-order valence-electron chi connectivity index (χ3n) is 4.92. The van der Waals surface area contributed by atoms with Gasteiger partial charge >= 0.3 is 6.18 Å². The number of rotatable bonds is 5. The number of halogens is 4. The van der Waals surface area contributed by atoms with Crippen molar-refractivity contribution in [1.82, 2.24) is 15.5 Å². The summed E-state index contributed by atoms with van der Waals surface area (Å²) in [4.78, 5) is 12.4. The summed E-state index contributed by atoms with van der Waals surface area (Å²) in [6.07, 6.45) is -4.42. The van der Waals surface area contributed by atoms with E-state index in [1.54, 1.807) is 42.5 Å². The van der Waals surface area contributed by atoms with Gasteiger partial charge in [0, 0.05) is 22.7 Å². The number of nitrogens with one attached hydrogen (secondary N) is 2. The van der Waals surface area contributed by atoms with Crippen molar-refractivity contribution in [2.24, 2.45) is 0 Å². The Labute approximate surface area is 187 Å². The van der Waals surface area contributed by atoms with Gasteiger partial charge in [0.1, 0.15) is 0 Å². The third kappa shape index (κ3) is 4.84. The van der Waals surface area contributed by atoms with Gasteiger partial charge in [0.05, 0.1) is 17.0 Å². The molecule has 3 aromatic carbocycles. The minimum absolute atomic E-state index is 0.245. The second-order valence-electron chi connectivity index (χ2n) is 7.10. The number of benzene rings is 3. The van der Waals surface area contributed by atoms with E-state index in [0.29, 0.717) is 34.1 Å². The molecule has 0 atom stereocenters. The van der Waals surface area contributed by atoms with Gasteiger partial charge in [0.15, 0.2) is 0 Å². The summed E-state index contributed by atoms with van der Waals surface area (Å²) in [6, 6.07) is 20.8. The fourth-order valence-electron chi connectivity index (χ4n) is 3.19. The number of aromatic nitrogens is 2. The smallest absolute Gasteiger partial charge is 0.348 e. The zero-order valence-corrected chi connectivity index (χ0v) is 17.3. The zero-order valence-electron chi connectivity index (χ0n) is 16.6. The Hall–Kier alpha value is -3.58. The van der Waals surface area contributed by atoms with E-state index in [9.17, 15) is 18.0 Å². The first-order valence-corrected chi connectivity index (χ1v) is 10.0. The molecule has 0 radical (unpaired) electrons. The molecule has 32 heavy (non-hydrogen) atoms. The number of aromatic amines is 1. The van der Waals surface area contributed by atoms with Crippen LogP contribution in [0.1, 0.15) is 21.5 Å². The van der Waals surface area contributed by atoms with Gasteiger partial charge in [-0.05, 0) is 47.5 Å². The Morgan fingerprint density at radius 1 is 0.938 bits per heavy atom. The lowest BCUT2D eigenvalue weighted by Crippen LogP contribution is -2.22. The van der Waals surface area contributed by atoms with Crippen LogP contribution in [-0.4, -0.2) is 16.1 Å². The topological polar surface area (TPSA) is 57.8 Å². The molecule has 0 aliphatic heterocycles. The van der Waals surface area contributed by atoms with E-state index >= 15 is 0 Å². The first-order chi connectivity index (χ1) is 15.3. The van der Waals surface area contributed by atoms with Gasteiger partial charge in [0.2, 0.25) is 0 Å². The van der Waals surface area contributed by atoms with Crippen LogP contribution < -0.4 is 5.32 Å². The minimum atomic E-state index is -4.42. The highest BCUT2D eigenvalue weighted by atomic mass is 35.5. The van der Waals surface area contributed by atoms with Crippen molar-refractivity contribution in [1.29, 1.82) is 0 Å². The molecule has 8 heteroatoms. The van der Waals surface area contributed by atoms with Gasteiger partial charge in [-0.3, -0.25) is 9.89 Å². The maximum atomic E-state index is 13.0. The van der Waals surface area contributed by atoms with Crippen LogP contribution in [0.3, 0.4) is 0 Å². The number of H-pyrrole nitrogens is 1. The highest BCUT2D eigenvalue weighted by Gasteiger charge is 2.30. The average Bonchev–Trinajstić information content (AvgIpc) is 3.28. The molecule has 1 heterocycles. The second-order valence-corrected chi connectivity index (χ2v) is 7.50. The van der Waals surface area contributed by atoms with Gasteiger partial charge in [-0.2, -0.15) is 18.3 Å². The van der Waals surface area contributed by atoms with E-state index in [2.05, 4.69) is 15.5 Å². The first kappa shape index (κ1) is 21.6. The van der Waals surface area contributed by atoms with Crippen molar-refractivity contribution >= 4 is 17.5 Å². The van der Waals surface area contributed by atoms with E-state index in [1.165, 1.54) is 6.07 Å². The average molecular weight is 456 g/mol. The lowest BCUT2D eigenvalue weighted by atomic mass is 10.1. The van der Waals surface area contributed by atoms with E-state index < -0.39 is 11.7 Å². The van der Waals surface area contributed by atoms with Crippen molar-refractivity contribution in [3.8, 4) is 22.5 Å². The molecule has 0 aliphatic carbocycles. The number of hydrogen-bond donors (Lipinski definition) is 2. The number of carbonyl (C=O) groups excluding carboxylic acids is 1. The van der Waals surface area contributed by atoms with E-state index in [-0.39, 0.29) is 5.91 Å². The van der Waals surface area contributed by atoms with Crippen LogP contribution in [0.4, 0.5) is 13.2 Å².